The molecule has 1 aliphatic rings. The molecule has 1 fully saturated rings. The first-order chi connectivity index (χ1) is 10.8. The molecule has 2 aromatic rings. The van der Waals surface area contributed by atoms with Gasteiger partial charge in [0.1, 0.15) is 0 Å². The molecule has 1 aliphatic heterocycles. The van der Waals surface area contributed by atoms with Crippen LogP contribution in [0.25, 0.3) is 10.8 Å². The van der Waals surface area contributed by atoms with Crippen LogP contribution in [0.2, 0.25) is 0 Å². The highest BCUT2D eigenvalue weighted by Crippen LogP contribution is 2.21. The topological polar surface area (TPSA) is 46.3 Å². The number of carbonyl (C=O) groups is 1. The fraction of sp³-hybridized carbons (Fsp3) is 0.421. The highest BCUT2D eigenvalue weighted by atomic mass is 16.2. The highest BCUT2D eigenvalue weighted by molar-refractivity contribution is 5.85. The van der Waals surface area contributed by atoms with E-state index in [-0.39, 0.29) is 5.91 Å². The van der Waals surface area contributed by atoms with Gasteiger partial charge in [0.2, 0.25) is 5.91 Å². The van der Waals surface area contributed by atoms with E-state index >= 15 is 0 Å². The summed E-state index contributed by atoms with van der Waals surface area (Å²) in [6, 6.07) is 14.6. The maximum absolute atomic E-state index is 12.5. The van der Waals surface area contributed by atoms with Gasteiger partial charge in [0.25, 0.3) is 0 Å². The average molecular weight is 296 g/mol. The number of carbonyl (C=O) groups excluding carboxylic acids is 1. The zero-order valence-corrected chi connectivity index (χ0v) is 13.0. The number of rotatable bonds is 4. The summed E-state index contributed by atoms with van der Waals surface area (Å²) in [6.07, 6.45) is 3.84. The van der Waals surface area contributed by atoms with E-state index in [0.29, 0.717) is 12.3 Å². The molecule has 2 aromatic carbocycles. The number of likely N-dealkylation sites (tertiary alicyclic amines) is 1. The Morgan fingerprint density at radius 3 is 2.82 bits per heavy atom. The number of benzene rings is 2. The summed E-state index contributed by atoms with van der Waals surface area (Å²) < 4.78 is 0. The number of piperidine rings is 1. The number of hydrogen-bond donors (Lipinski definition) is 1. The second-order valence-corrected chi connectivity index (χ2v) is 6.28. The van der Waals surface area contributed by atoms with Crippen molar-refractivity contribution in [2.45, 2.75) is 25.7 Å². The van der Waals surface area contributed by atoms with E-state index in [9.17, 15) is 4.79 Å². The molecule has 0 bridgehead atoms. The molecule has 22 heavy (non-hydrogen) atoms. The van der Waals surface area contributed by atoms with Gasteiger partial charge in [-0.25, -0.2) is 0 Å². The van der Waals surface area contributed by atoms with Crippen molar-refractivity contribution in [2.75, 3.05) is 19.6 Å². The van der Waals surface area contributed by atoms with Crippen molar-refractivity contribution in [1.82, 2.24) is 4.90 Å². The van der Waals surface area contributed by atoms with E-state index in [0.717, 1.165) is 38.0 Å². The molecule has 1 saturated heterocycles. The molecule has 3 rings (SSSR count). The van der Waals surface area contributed by atoms with Gasteiger partial charge in [-0.2, -0.15) is 0 Å². The molecular weight excluding hydrogens is 272 g/mol. The van der Waals surface area contributed by atoms with E-state index in [2.05, 4.69) is 30.3 Å². The number of fused-ring (bicyclic) bond motifs is 1. The van der Waals surface area contributed by atoms with Crippen LogP contribution in [0.5, 0.6) is 0 Å². The summed E-state index contributed by atoms with van der Waals surface area (Å²) in [6.45, 7) is 2.49. The zero-order chi connectivity index (χ0) is 15.4. The molecule has 2 N–H and O–H groups in total. The predicted octanol–water partition coefficient (Wildman–Crippen LogP) is 2.97. The maximum Gasteiger partial charge on any atom is 0.226 e. The lowest BCUT2D eigenvalue weighted by molar-refractivity contribution is -0.132. The Bertz CT molecular complexity index is 651. The molecule has 116 valence electrons. The number of hydrogen-bond acceptors (Lipinski definition) is 2. The van der Waals surface area contributed by atoms with Gasteiger partial charge in [0, 0.05) is 13.1 Å². The summed E-state index contributed by atoms with van der Waals surface area (Å²) in [5, 5.41) is 2.42. The first-order valence-electron chi connectivity index (χ1n) is 8.22. The minimum atomic E-state index is 0.247. The Morgan fingerprint density at radius 1 is 1.18 bits per heavy atom. The van der Waals surface area contributed by atoms with Crippen molar-refractivity contribution in [3.8, 4) is 0 Å². The quantitative estimate of drug-likeness (QED) is 0.943. The minimum absolute atomic E-state index is 0.247. The molecule has 0 saturated carbocycles. The summed E-state index contributed by atoms with van der Waals surface area (Å²) in [5.74, 6) is 0.830. The highest BCUT2D eigenvalue weighted by Gasteiger charge is 2.23. The van der Waals surface area contributed by atoms with Gasteiger partial charge in [-0.05, 0) is 48.1 Å². The predicted molar refractivity (Wildman–Crippen MR) is 90.6 cm³/mol. The molecule has 1 heterocycles. The van der Waals surface area contributed by atoms with E-state index in [1.54, 1.807) is 0 Å². The van der Waals surface area contributed by atoms with Crippen molar-refractivity contribution in [3.63, 3.8) is 0 Å². The Labute approximate surface area is 132 Å². The van der Waals surface area contributed by atoms with Gasteiger partial charge in [0.15, 0.2) is 0 Å². The summed E-state index contributed by atoms with van der Waals surface area (Å²) >= 11 is 0. The lowest BCUT2D eigenvalue weighted by Crippen LogP contribution is -2.41. The van der Waals surface area contributed by atoms with Gasteiger partial charge in [-0.15, -0.1) is 0 Å². The standard InChI is InChI=1S/C19H24N2O/c20-10-9-15-4-3-11-21(14-15)19(22)13-16-7-8-17-5-1-2-6-18(17)12-16/h1-2,5-8,12,15H,3-4,9-11,13-14,20H2. The fourth-order valence-corrected chi connectivity index (χ4v) is 3.40. The Morgan fingerprint density at radius 2 is 2.00 bits per heavy atom. The Kier molecular flexibility index (Phi) is 4.74. The molecule has 0 radical (unpaired) electrons. The van der Waals surface area contributed by atoms with Gasteiger partial charge in [-0.1, -0.05) is 42.5 Å². The Hall–Kier alpha value is -1.87. The van der Waals surface area contributed by atoms with E-state index < -0.39 is 0 Å². The van der Waals surface area contributed by atoms with Crippen molar-refractivity contribution >= 4 is 16.7 Å². The number of nitrogens with zero attached hydrogens (tertiary/aromatic N) is 1. The third-order valence-corrected chi connectivity index (χ3v) is 4.62. The van der Waals surface area contributed by atoms with Crippen LogP contribution in [0, 0.1) is 5.92 Å². The number of amides is 1. The largest absolute Gasteiger partial charge is 0.342 e. The molecule has 1 amide bonds. The molecule has 0 aromatic heterocycles. The monoisotopic (exact) mass is 296 g/mol. The second-order valence-electron chi connectivity index (χ2n) is 6.28. The normalized spacial score (nSPS) is 18.6. The first-order valence-corrected chi connectivity index (χ1v) is 8.22. The van der Waals surface area contributed by atoms with Crippen LogP contribution in [0.3, 0.4) is 0 Å². The van der Waals surface area contributed by atoms with Gasteiger partial charge in [0.05, 0.1) is 6.42 Å². The van der Waals surface area contributed by atoms with Crippen LogP contribution in [0.1, 0.15) is 24.8 Å². The van der Waals surface area contributed by atoms with Crippen molar-refractivity contribution in [1.29, 1.82) is 0 Å². The first kappa shape index (κ1) is 15.0. The molecule has 0 spiro atoms. The van der Waals surface area contributed by atoms with Crippen molar-refractivity contribution in [2.24, 2.45) is 11.7 Å². The summed E-state index contributed by atoms with van der Waals surface area (Å²) in [4.78, 5) is 14.6. The second kappa shape index (κ2) is 6.93. The van der Waals surface area contributed by atoms with Crippen LogP contribution in [-0.4, -0.2) is 30.4 Å². The van der Waals surface area contributed by atoms with E-state index in [4.69, 9.17) is 5.73 Å². The van der Waals surface area contributed by atoms with Crippen LogP contribution in [0.4, 0.5) is 0 Å². The van der Waals surface area contributed by atoms with Crippen LogP contribution < -0.4 is 5.73 Å². The molecule has 3 nitrogen and oxygen atoms in total. The van der Waals surface area contributed by atoms with Crippen LogP contribution >= 0.6 is 0 Å². The maximum atomic E-state index is 12.5. The fourth-order valence-electron chi connectivity index (χ4n) is 3.40. The van der Waals surface area contributed by atoms with Crippen LogP contribution in [0.15, 0.2) is 42.5 Å². The average Bonchev–Trinajstić information content (AvgIpc) is 2.55. The van der Waals surface area contributed by atoms with Crippen LogP contribution in [-0.2, 0) is 11.2 Å². The zero-order valence-electron chi connectivity index (χ0n) is 13.0. The lowest BCUT2D eigenvalue weighted by Gasteiger charge is -2.32. The minimum Gasteiger partial charge on any atom is -0.342 e. The molecule has 3 heteroatoms. The third-order valence-electron chi connectivity index (χ3n) is 4.62. The molecule has 1 atom stereocenters. The van der Waals surface area contributed by atoms with Crippen molar-refractivity contribution < 1.29 is 4.79 Å². The summed E-state index contributed by atoms with van der Waals surface area (Å²) in [5.41, 5.74) is 6.76. The summed E-state index contributed by atoms with van der Waals surface area (Å²) in [7, 11) is 0. The van der Waals surface area contributed by atoms with Gasteiger partial charge < -0.3 is 10.6 Å². The molecule has 0 aliphatic carbocycles. The van der Waals surface area contributed by atoms with Gasteiger partial charge in [-0.3, -0.25) is 4.79 Å². The molecular formula is C19H24N2O. The lowest BCUT2D eigenvalue weighted by atomic mass is 9.94. The Balaban J connectivity index is 1.67. The molecule has 1 unspecified atom stereocenters. The van der Waals surface area contributed by atoms with Crippen molar-refractivity contribution in [3.05, 3.63) is 48.0 Å². The smallest absolute Gasteiger partial charge is 0.226 e. The van der Waals surface area contributed by atoms with E-state index in [1.807, 2.05) is 17.0 Å². The SMILES string of the molecule is NCCC1CCCN(C(=O)Cc2ccc3ccccc3c2)C1. The number of nitrogens with two attached hydrogens (primary N) is 1. The third kappa shape index (κ3) is 3.47. The van der Waals surface area contributed by atoms with Gasteiger partial charge >= 0.3 is 0 Å². The van der Waals surface area contributed by atoms with E-state index in [1.165, 1.54) is 17.2 Å².